The van der Waals surface area contributed by atoms with E-state index in [4.69, 9.17) is 5.73 Å². The van der Waals surface area contributed by atoms with E-state index in [1.54, 1.807) is 0 Å². The van der Waals surface area contributed by atoms with Gasteiger partial charge in [0.25, 0.3) is 0 Å². The molecular weight excluding hydrogens is 186 g/mol. The molecule has 1 aromatic rings. The average molecular weight is 205 g/mol. The van der Waals surface area contributed by atoms with Gasteiger partial charge in [0.1, 0.15) is 5.84 Å². The first-order chi connectivity index (χ1) is 7.09. The van der Waals surface area contributed by atoms with Crippen molar-refractivity contribution in [3.8, 4) is 0 Å². The molecule has 2 N–H and O–H groups in total. The minimum atomic E-state index is 0.222. The van der Waals surface area contributed by atoms with Crippen LogP contribution in [0.4, 0.5) is 0 Å². The Morgan fingerprint density at radius 2 is 1.93 bits per heavy atom. The minimum absolute atomic E-state index is 0.222. The van der Waals surface area contributed by atoms with Crippen LogP contribution in [-0.2, 0) is 0 Å². The molecule has 3 nitrogen and oxygen atoms in total. The summed E-state index contributed by atoms with van der Waals surface area (Å²) in [5.74, 6) is 0.616. The van der Waals surface area contributed by atoms with Crippen LogP contribution in [0, 0.1) is 0 Å². The van der Waals surface area contributed by atoms with Gasteiger partial charge in [-0.3, -0.25) is 4.99 Å². The molecule has 1 atom stereocenters. The van der Waals surface area contributed by atoms with Crippen LogP contribution in [0.2, 0.25) is 0 Å². The monoisotopic (exact) mass is 205 g/mol. The van der Waals surface area contributed by atoms with Gasteiger partial charge in [-0.1, -0.05) is 30.3 Å². The summed E-state index contributed by atoms with van der Waals surface area (Å²) in [7, 11) is 4.06. The minimum Gasteiger partial charge on any atom is -0.383 e. The molecule has 0 aliphatic carbocycles. The van der Waals surface area contributed by atoms with Gasteiger partial charge < -0.3 is 10.6 Å². The van der Waals surface area contributed by atoms with Crippen LogP contribution < -0.4 is 5.73 Å². The Balaban J connectivity index is 2.67. The van der Waals surface area contributed by atoms with E-state index in [2.05, 4.69) is 16.8 Å². The normalized spacial score (nSPS) is 14.3. The molecule has 1 aromatic carbocycles. The maximum absolute atomic E-state index is 5.90. The lowest BCUT2D eigenvalue weighted by molar-refractivity contribution is 0.383. The highest BCUT2D eigenvalue weighted by Crippen LogP contribution is 2.00. The van der Waals surface area contributed by atoms with Crippen molar-refractivity contribution in [3.05, 3.63) is 35.9 Å². The molecule has 0 fully saturated rings. The molecule has 0 spiro atoms. The van der Waals surface area contributed by atoms with Crippen molar-refractivity contribution < 1.29 is 0 Å². The van der Waals surface area contributed by atoms with Gasteiger partial charge in [-0.2, -0.15) is 0 Å². The molecule has 3 heteroatoms. The van der Waals surface area contributed by atoms with E-state index in [-0.39, 0.29) is 6.04 Å². The van der Waals surface area contributed by atoms with Crippen LogP contribution in [0.3, 0.4) is 0 Å². The molecule has 82 valence electrons. The summed E-state index contributed by atoms with van der Waals surface area (Å²) in [6.07, 6.45) is 0. The zero-order chi connectivity index (χ0) is 11.3. The average Bonchev–Trinajstić information content (AvgIpc) is 2.17. The van der Waals surface area contributed by atoms with Gasteiger partial charge in [-0.25, -0.2) is 0 Å². The Morgan fingerprint density at radius 1 is 1.33 bits per heavy atom. The number of likely N-dealkylation sites (N-methyl/N-ethyl adjacent to an activating group) is 1. The predicted octanol–water partition coefficient (Wildman–Crippen LogP) is 1.34. The van der Waals surface area contributed by atoms with Gasteiger partial charge in [0, 0.05) is 12.1 Å². The number of aliphatic imine (C=N–C) groups is 1. The quantitative estimate of drug-likeness (QED) is 0.595. The van der Waals surface area contributed by atoms with E-state index in [0.29, 0.717) is 5.84 Å². The van der Waals surface area contributed by atoms with E-state index in [1.807, 2.05) is 44.4 Å². The van der Waals surface area contributed by atoms with Crippen LogP contribution in [0.5, 0.6) is 0 Å². The van der Waals surface area contributed by atoms with Crippen LogP contribution >= 0.6 is 0 Å². The summed E-state index contributed by atoms with van der Waals surface area (Å²) >= 11 is 0. The number of hydrogen-bond acceptors (Lipinski definition) is 2. The molecule has 0 radical (unpaired) electrons. The van der Waals surface area contributed by atoms with E-state index < -0.39 is 0 Å². The predicted molar refractivity (Wildman–Crippen MR) is 65.2 cm³/mol. The second kappa shape index (κ2) is 5.51. The first kappa shape index (κ1) is 11.7. The highest BCUT2D eigenvalue weighted by Gasteiger charge is 2.03. The third kappa shape index (κ3) is 4.13. The summed E-state index contributed by atoms with van der Waals surface area (Å²) in [6.45, 7) is 2.98. The molecule has 15 heavy (non-hydrogen) atoms. The Kier molecular flexibility index (Phi) is 4.31. The van der Waals surface area contributed by atoms with Crippen molar-refractivity contribution in [2.45, 2.75) is 13.0 Å². The van der Waals surface area contributed by atoms with E-state index in [0.717, 1.165) is 12.1 Å². The molecule has 0 aliphatic rings. The Labute approximate surface area is 91.6 Å². The van der Waals surface area contributed by atoms with Crippen LogP contribution in [-0.4, -0.2) is 37.4 Å². The standard InChI is InChI=1S/C12H19N3/c1-10(9-15(2)3)14-12(13)11-7-5-4-6-8-11/h4-8,10H,9H2,1-3H3,(H2,13,14). The lowest BCUT2D eigenvalue weighted by Gasteiger charge is -2.13. The van der Waals surface area contributed by atoms with Gasteiger partial charge in [-0.15, -0.1) is 0 Å². The van der Waals surface area contributed by atoms with Gasteiger partial charge >= 0.3 is 0 Å². The van der Waals surface area contributed by atoms with Gasteiger partial charge in [0.15, 0.2) is 0 Å². The summed E-state index contributed by atoms with van der Waals surface area (Å²) in [6, 6.07) is 10.1. The smallest absolute Gasteiger partial charge is 0.125 e. The highest BCUT2D eigenvalue weighted by molar-refractivity contribution is 5.97. The summed E-state index contributed by atoms with van der Waals surface area (Å²) in [5, 5.41) is 0. The molecule has 0 aromatic heterocycles. The number of amidine groups is 1. The van der Waals surface area contributed by atoms with Crippen LogP contribution in [0.15, 0.2) is 35.3 Å². The third-order valence-electron chi connectivity index (χ3n) is 2.06. The molecule has 0 amide bonds. The molecule has 0 bridgehead atoms. The number of nitrogens with two attached hydrogens (primary N) is 1. The van der Waals surface area contributed by atoms with E-state index >= 15 is 0 Å². The first-order valence-corrected chi connectivity index (χ1v) is 5.13. The maximum atomic E-state index is 5.90. The van der Waals surface area contributed by atoms with Crippen molar-refractivity contribution in [1.29, 1.82) is 0 Å². The zero-order valence-corrected chi connectivity index (χ0v) is 9.64. The second-order valence-corrected chi connectivity index (χ2v) is 3.99. The Bertz CT molecular complexity index is 317. The fraction of sp³-hybridized carbons (Fsp3) is 0.417. The fourth-order valence-electron chi connectivity index (χ4n) is 1.49. The topological polar surface area (TPSA) is 41.6 Å². The van der Waals surface area contributed by atoms with Gasteiger partial charge in [0.2, 0.25) is 0 Å². The number of nitrogens with zero attached hydrogens (tertiary/aromatic N) is 2. The number of hydrogen-bond donors (Lipinski definition) is 1. The summed E-state index contributed by atoms with van der Waals surface area (Å²) < 4.78 is 0. The number of rotatable bonds is 4. The first-order valence-electron chi connectivity index (χ1n) is 5.13. The maximum Gasteiger partial charge on any atom is 0.125 e. The van der Waals surface area contributed by atoms with Crippen molar-refractivity contribution >= 4 is 5.84 Å². The Morgan fingerprint density at radius 3 is 2.47 bits per heavy atom. The molecule has 0 heterocycles. The van der Waals surface area contributed by atoms with Gasteiger partial charge in [-0.05, 0) is 21.0 Å². The molecular formula is C12H19N3. The summed E-state index contributed by atoms with van der Waals surface area (Å²) in [4.78, 5) is 6.54. The fourth-order valence-corrected chi connectivity index (χ4v) is 1.49. The van der Waals surface area contributed by atoms with E-state index in [1.165, 1.54) is 0 Å². The van der Waals surface area contributed by atoms with Crippen molar-refractivity contribution in [3.63, 3.8) is 0 Å². The Hall–Kier alpha value is -1.35. The van der Waals surface area contributed by atoms with Crippen LogP contribution in [0.25, 0.3) is 0 Å². The van der Waals surface area contributed by atoms with Crippen molar-refractivity contribution in [2.75, 3.05) is 20.6 Å². The third-order valence-corrected chi connectivity index (χ3v) is 2.06. The molecule has 1 unspecified atom stereocenters. The van der Waals surface area contributed by atoms with Crippen molar-refractivity contribution in [2.24, 2.45) is 10.7 Å². The molecule has 1 rings (SSSR count). The lowest BCUT2D eigenvalue weighted by atomic mass is 10.2. The molecule has 0 saturated carbocycles. The summed E-state index contributed by atoms with van der Waals surface area (Å²) in [5.41, 5.74) is 6.89. The van der Waals surface area contributed by atoms with Crippen molar-refractivity contribution in [1.82, 2.24) is 4.90 Å². The lowest BCUT2D eigenvalue weighted by Crippen LogP contribution is -2.25. The van der Waals surface area contributed by atoms with Crippen LogP contribution in [0.1, 0.15) is 12.5 Å². The second-order valence-electron chi connectivity index (χ2n) is 3.99. The largest absolute Gasteiger partial charge is 0.383 e. The molecule has 0 aliphatic heterocycles. The molecule has 0 saturated heterocycles. The van der Waals surface area contributed by atoms with E-state index in [9.17, 15) is 0 Å². The highest BCUT2D eigenvalue weighted by atomic mass is 15.1. The SMILES string of the molecule is CC(CN(C)C)N=C(N)c1ccccc1. The van der Waals surface area contributed by atoms with Gasteiger partial charge in [0.05, 0.1) is 6.04 Å². The number of benzene rings is 1. The zero-order valence-electron chi connectivity index (χ0n) is 9.64.